The molecule has 1 aliphatic carbocycles. The van der Waals surface area contributed by atoms with Crippen LogP contribution < -0.4 is 10.5 Å². The summed E-state index contributed by atoms with van der Waals surface area (Å²) in [4.78, 5) is 0. The maximum Gasteiger partial charge on any atom is 0.122 e. The summed E-state index contributed by atoms with van der Waals surface area (Å²) in [6, 6.07) is 6.53. The Morgan fingerprint density at radius 3 is 3.00 bits per heavy atom. The third-order valence-corrected chi connectivity index (χ3v) is 3.77. The van der Waals surface area contributed by atoms with E-state index < -0.39 is 0 Å². The van der Waals surface area contributed by atoms with Gasteiger partial charge in [0.2, 0.25) is 0 Å². The van der Waals surface area contributed by atoms with E-state index in [2.05, 4.69) is 25.1 Å². The van der Waals surface area contributed by atoms with E-state index in [1.54, 1.807) is 0 Å². The van der Waals surface area contributed by atoms with Crippen molar-refractivity contribution >= 4 is 0 Å². The molecule has 1 aromatic rings. The van der Waals surface area contributed by atoms with Gasteiger partial charge in [-0.2, -0.15) is 0 Å². The predicted octanol–water partition coefficient (Wildman–Crippen LogP) is 3.98. The molecule has 1 atom stereocenters. The highest BCUT2D eigenvalue weighted by molar-refractivity contribution is 5.43. The highest BCUT2D eigenvalue weighted by Crippen LogP contribution is 2.34. The number of hydrogen-bond acceptors (Lipinski definition) is 2. The average molecular weight is 247 g/mol. The normalized spacial score (nSPS) is 18.4. The standard InChI is InChI=1S/C16H25NO/c1-2-3-4-5-12-18-16-11-7-8-13-14(16)9-6-10-15(13)17/h7-8,11,15H,2-6,9-10,12,17H2,1H3. The molecule has 18 heavy (non-hydrogen) atoms. The fourth-order valence-electron chi connectivity index (χ4n) is 2.70. The molecule has 2 rings (SSSR count). The summed E-state index contributed by atoms with van der Waals surface area (Å²) in [6.45, 7) is 3.07. The van der Waals surface area contributed by atoms with Crippen molar-refractivity contribution in [1.82, 2.24) is 0 Å². The van der Waals surface area contributed by atoms with Crippen LogP contribution in [0.3, 0.4) is 0 Å². The molecule has 100 valence electrons. The van der Waals surface area contributed by atoms with E-state index >= 15 is 0 Å². The van der Waals surface area contributed by atoms with E-state index in [1.165, 1.54) is 36.8 Å². The molecule has 2 heteroatoms. The maximum absolute atomic E-state index is 6.15. The van der Waals surface area contributed by atoms with Crippen molar-refractivity contribution in [2.75, 3.05) is 6.61 Å². The molecule has 0 aliphatic heterocycles. The molecule has 0 aromatic heterocycles. The fraction of sp³-hybridized carbons (Fsp3) is 0.625. The van der Waals surface area contributed by atoms with Gasteiger partial charge in [0.15, 0.2) is 0 Å². The molecule has 0 saturated heterocycles. The van der Waals surface area contributed by atoms with Gasteiger partial charge in [0.1, 0.15) is 5.75 Å². The van der Waals surface area contributed by atoms with Gasteiger partial charge in [-0.1, -0.05) is 38.3 Å². The monoisotopic (exact) mass is 247 g/mol. The molecular formula is C16H25NO. The van der Waals surface area contributed by atoms with E-state index in [0.29, 0.717) is 0 Å². The van der Waals surface area contributed by atoms with Crippen LogP contribution >= 0.6 is 0 Å². The highest BCUT2D eigenvalue weighted by Gasteiger charge is 2.19. The van der Waals surface area contributed by atoms with Gasteiger partial charge >= 0.3 is 0 Å². The quantitative estimate of drug-likeness (QED) is 0.772. The Morgan fingerprint density at radius 1 is 1.28 bits per heavy atom. The molecule has 2 nitrogen and oxygen atoms in total. The van der Waals surface area contributed by atoms with Gasteiger partial charge in [-0.25, -0.2) is 0 Å². The molecule has 1 unspecified atom stereocenters. The number of ether oxygens (including phenoxy) is 1. The van der Waals surface area contributed by atoms with Crippen LogP contribution in [0.15, 0.2) is 18.2 Å². The first-order valence-corrected chi connectivity index (χ1v) is 7.33. The summed E-state index contributed by atoms with van der Waals surface area (Å²) >= 11 is 0. The molecule has 1 aromatic carbocycles. The highest BCUT2D eigenvalue weighted by atomic mass is 16.5. The smallest absolute Gasteiger partial charge is 0.122 e. The van der Waals surface area contributed by atoms with E-state index in [9.17, 15) is 0 Å². The molecule has 0 spiro atoms. The number of nitrogens with two attached hydrogens (primary N) is 1. The first-order chi connectivity index (χ1) is 8.83. The van der Waals surface area contributed by atoms with E-state index in [4.69, 9.17) is 10.5 Å². The minimum absolute atomic E-state index is 0.206. The molecule has 0 saturated carbocycles. The average Bonchev–Trinajstić information content (AvgIpc) is 2.39. The largest absolute Gasteiger partial charge is 0.493 e. The minimum Gasteiger partial charge on any atom is -0.493 e. The molecular weight excluding hydrogens is 222 g/mol. The first kappa shape index (κ1) is 13.4. The SMILES string of the molecule is CCCCCCOc1cccc2c1CCCC2N. The minimum atomic E-state index is 0.206. The maximum atomic E-state index is 6.15. The van der Waals surface area contributed by atoms with Gasteiger partial charge in [0.25, 0.3) is 0 Å². The zero-order valence-electron chi connectivity index (χ0n) is 11.5. The molecule has 0 fully saturated rings. The summed E-state index contributed by atoms with van der Waals surface area (Å²) in [5, 5.41) is 0. The van der Waals surface area contributed by atoms with Crippen molar-refractivity contribution < 1.29 is 4.74 Å². The van der Waals surface area contributed by atoms with Gasteiger partial charge in [-0.05, 0) is 42.9 Å². The summed E-state index contributed by atoms with van der Waals surface area (Å²) < 4.78 is 5.94. The Labute approximate surface area is 111 Å². The number of benzene rings is 1. The van der Waals surface area contributed by atoms with Gasteiger partial charge in [0, 0.05) is 6.04 Å². The van der Waals surface area contributed by atoms with Crippen LogP contribution in [0.1, 0.15) is 62.6 Å². The Balaban J connectivity index is 1.94. The number of unbranched alkanes of at least 4 members (excludes halogenated alkanes) is 3. The predicted molar refractivity (Wildman–Crippen MR) is 75.9 cm³/mol. The first-order valence-electron chi connectivity index (χ1n) is 7.33. The summed E-state index contributed by atoms with van der Waals surface area (Å²) in [5.74, 6) is 1.07. The number of rotatable bonds is 6. The Kier molecular flexibility index (Phi) is 5.06. The van der Waals surface area contributed by atoms with Crippen molar-refractivity contribution in [2.24, 2.45) is 5.73 Å². The van der Waals surface area contributed by atoms with Crippen LogP contribution in [-0.4, -0.2) is 6.61 Å². The molecule has 1 aliphatic rings. The number of fused-ring (bicyclic) bond motifs is 1. The third-order valence-electron chi connectivity index (χ3n) is 3.77. The zero-order chi connectivity index (χ0) is 12.8. The molecule has 0 amide bonds. The van der Waals surface area contributed by atoms with Crippen molar-refractivity contribution in [3.8, 4) is 5.75 Å². The molecule has 0 radical (unpaired) electrons. The summed E-state index contributed by atoms with van der Waals surface area (Å²) in [6.07, 6.45) is 8.41. The Bertz CT molecular complexity index is 375. The van der Waals surface area contributed by atoms with Crippen molar-refractivity contribution in [3.05, 3.63) is 29.3 Å². The third kappa shape index (κ3) is 3.26. The number of hydrogen-bond donors (Lipinski definition) is 1. The fourth-order valence-corrected chi connectivity index (χ4v) is 2.70. The lowest BCUT2D eigenvalue weighted by Crippen LogP contribution is -2.18. The van der Waals surface area contributed by atoms with Crippen LogP contribution in [0.25, 0.3) is 0 Å². The Morgan fingerprint density at radius 2 is 2.17 bits per heavy atom. The van der Waals surface area contributed by atoms with Gasteiger partial charge in [0.05, 0.1) is 6.61 Å². The van der Waals surface area contributed by atoms with Crippen LogP contribution in [0.5, 0.6) is 5.75 Å². The van der Waals surface area contributed by atoms with Crippen molar-refractivity contribution in [3.63, 3.8) is 0 Å². The van der Waals surface area contributed by atoms with Crippen molar-refractivity contribution in [2.45, 2.75) is 57.9 Å². The molecule has 0 bridgehead atoms. The lowest BCUT2D eigenvalue weighted by Gasteiger charge is -2.24. The van der Waals surface area contributed by atoms with E-state index in [-0.39, 0.29) is 6.04 Å². The summed E-state index contributed by atoms with van der Waals surface area (Å²) in [5.41, 5.74) is 8.81. The van der Waals surface area contributed by atoms with Crippen LogP contribution in [0, 0.1) is 0 Å². The summed E-state index contributed by atoms with van der Waals surface area (Å²) in [7, 11) is 0. The van der Waals surface area contributed by atoms with E-state index in [0.717, 1.165) is 31.6 Å². The van der Waals surface area contributed by atoms with Gasteiger partial charge < -0.3 is 10.5 Å². The van der Waals surface area contributed by atoms with Crippen LogP contribution in [0.2, 0.25) is 0 Å². The second kappa shape index (κ2) is 6.79. The van der Waals surface area contributed by atoms with Crippen molar-refractivity contribution in [1.29, 1.82) is 0 Å². The lowest BCUT2D eigenvalue weighted by atomic mass is 9.87. The van der Waals surface area contributed by atoms with Gasteiger partial charge in [-0.15, -0.1) is 0 Å². The Hall–Kier alpha value is -1.02. The lowest BCUT2D eigenvalue weighted by molar-refractivity contribution is 0.300. The topological polar surface area (TPSA) is 35.2 Å². The second-order valence-electron chi connectivity index (χ2n) is 5.23. The van der Waals surface area contributed by atoms with E-state index in [1.807, 2.05) is 0 Å². The van der Waals surface area contributed by atoms with Crippen LogP contribution in [-0.2, 0) is 6.42 Å². The van der Waals surface area contributed by atoms with Gasteiger partial charge in [-0.3, -0.25) is 0 Å². The second-order valence-corrected chi connectivity index (χ2v) is 5.23. The molecule has 2 N–H and O–H groups in total. The van der Waals surface area contributed by atoms with Crippen LogP contribution in [0.4, 0.5) is 0 Å². The zero-order valence-corrected chi connectivity index (χ0v) is 11.5. The molecule has 0 heterocycles.